The molecule has 0 aliphatic carbocycles. The molecule has 3 aromatic heterocycles. The second-order valence-electron chi connectivity index (χ2n) is 9.45. The van der Waals surface area contributed by atoms with E-state index in [-0.39, 0.29) is 12.5 Å². The van der Waals surface area contributed by atoms with Gasteiger partial charge in [-0.3, -0.25) is 14.8 Å². The van der Waals surface area contributed by atoms with Crippen LogP contribution < -0.4 is 5.32 Å². The fourth-order valence-corrected chi connectivity index (χ4v) is 4.72. The van der Waals surface area contributed by atoms with Crippen molar-refractivity contribution in [3.63, 3.8) is 0 Å². The maximum absolute atomic E-state index is 14.5. The molecule has 0 radical (unpaired) electrons. The average Bonchev–Trinajstić information content (AvgIpc) is 3.20. The number of pyridine rings is 2. The Morgan fingerprint density at radius 2 is 1.95 bits per heavy atom. The highest BCUT2D eigenvalue weighted by molar-refractivity contribution is 6.35. The number of H-pyrrole nitrogens is 1. The molecule has 1 amide bonds. The van der Waals surface area contributed by atoms with E-state index in [2.05, 4.69) is 20.3 Å². The highest BCUT2D eigenvalue weighted by atomic mass is 35.5. The Hall–Kier alpha value is -3.52. The third-order valence-corrected chi connectivity index (χ3v) is 6.69. The first-order valence-electron chi connectivity index (χ1n) is 11.6. The number of nitrogens with zero attached hydrogens (tertiary/aromatic N) is 2. The van der Waals surface area contributed by atoms with Crippen LogP contribution in [0.3, 0.4) is 0 Å². The Bertz CT molecular complexity index is 1660. The zero-order valence-electron chi connectivity index (χ0n) is 20.1. The highest BCUT2D eigenvalue weighted by Gasteiger charge is 2.21. The van der Waals surface area contributed by atoms with E-state index in [1.54, 1.807) is 56.7 Å². The number of aromatic amines is 1. The summed E-state index contributed by atoms with van der Waals surface area (Å²) < 4.78 is 14.5. The standard InChI is InChI=1S/C28H23Cl2FN4O2/c1-28(2,37)22-7-15(5-17-8-19(29)13-34-26(17)22)6-20-9-16(3-4-32-20)27(36)35-12-18-10-21-23(30)14-33-25(21)11-24(18)31/h3-5,7-11,13-14,33,37H,6,12H2,1-2H3,(H,35,36). The van der Waals surface area contributed by atoms with Crippen molar-refractivity contribution in [2.24, 2.45) is 0 Å². The summed E-state index contributed by atoms with van der Waals surface area (Å²) in [6, 6.07) is 11.9. The zero-order chi connectivity index (χ0) is 26.3. The molecule has 0 unspecified atom stereocenters. The molecule has 37 heavy (non-hydrogen) atoms. The minimum Gasteiger partial charge on any atom is -0.386 e. The lowest BCUT2D eigenvalue weighted by Crippen LogP contribution is -2.23. The van der Waals surface area contributed by atoms with Gasteiger partial charge >= 0.3 is 0 Å². The fraction of sp³-hybridized carbons (Fsp3) is 0.179. The van der Waals surface area contributed by atoms with E-state index in [9.17, 15) is 14.3 Å². The maximum atomic E-state index is 14.5. The number of benzene rings is 2. The number of carbonyl (C=O) groups excluding carboxylic acids is 1. The van der Waals surface area contributed by atoms with Crippen LogP contribution in [0.4, 0.5) is 4.39 Å². The predicted octanol–water partition coefficient (Wildman–Crippen LogP) is 6.31. The van der Waals surface area contributed by atoms with E-state index in [0.717, 1.165) is 10.9 Å². The number of halogens is 3. The fourth-order valence-electron chi connectivity index (χ4n) is 4.35. The van der Waals surface area contributed by atoms with E-state index in [1.807, 2.05) is 12.1 Å². The van der Waals surface area contributed by atoms with Crippen LogP contribution in [0.2, 0.25) is 10.0 Å². The summed E-state index contributed by atoms with van der Waals surface area (Å²) in [6.45, 7) is 3.42. The van der Waals surface area contributed by atoms with Crippen molar-refractivity contribution in [3.05, 3.63) is 105 Å². The molecule has 3 heterocycles. The van der Waals surface area contributed by atoms with Gasteiger partial charge in [0.2, 0.25) is 0 Å². The number of nitrogens with one attached hydrogen (secondary N) is 2. The van der Waals surface area contributed by atoms with Crippen molar-refractivity contribution >= 4 is 50.9 Å². The second-order valence-corrected chi connectivity index (χ2v) is 10.3. The van der Waals surface area contributed by atoms with Gasteiger partial charge in [0, 0.05) is 70.2 Å². The number of fused-ring (bicyclic) bond motifs is 2. The molecule has 0 spiro atoms. The normalized spacial score (nSPS) is 11.8. The minimum atomic E-state index is -1.12. The lowest BCUT2D eigenvalue weighted by atomic mass is 9.92. The van der Waals surface area contributed by atoms with Gasteiger partial charge in [0.1, 0.15) is 5.82 Å². The zero-order valence-corrected chi connectivity index (χ0v) is 21.6. The molecular weight excluding hydrogens is 514 g/mol. The molecule has 6 nitrogen and oxygen atoms in total. The van der Waals surface area contributed by atoms with Gasteiger partial charge in [-0.1, -0.05) is 29.3 Å². The predicted molar refractivity (Wildman–Crippen MR) is 143 cm³/mol. The Morgan fingerprint density at radius 1 is 1.14 bits per heavy atom. The van der Waals surface area contributed by atoms with Gasteiger partial charge in [0.05, 0.1) is 21.2 Å². The second kappa shape index (κ2) is 9.74. The monoisotopic (exact) mass is 536 g/mol. The lowest BCUT2D eigenvalue weighted by molar-refractivity contribution is 0.0799. The number of aromatic nitrogens is 3. The van der Waals surface area contributed by atoms with Crippen LogP contribution in [0.5, 0.6) is 0 Å². The summed E-state index contributed by atoms with van der Waals surface area (Å²) in [5.74, 6) is -0.787. The molecule has 0 atom stereocenters. The van der Waals surface area contributed by atoms with Crippen LogP contribution in [0, 0.1) is 5.82 Å². The molecule has 188 valence electrons. The molecule has 5 aromatic rings. The first-order chi connectivity index (χ1) is 17.6. The summed E-state index contributed by atoms with van der Waals surface area (Å²) in [7, 11) is 0. The van der Waals surface area contributed by atoms with Crippen molar-refractivity contribution in [1.29, 1.82) is 0 Å². The van der Waals surface area contributed by atoms with Crippen LogP contribution in [0.15, 0.2) is 61.1 Å². The third-order valence-electron chi connectivity index (χ3n) is 6.17. The third kappa shape index (κ3) is 5.30. The van der Waals surface area contributed by atoms with Gasteiger partial charge in [0.25, 0.3) is 5.91 Å². The molecule has 0 aliphatic rings. The van der Waals surface area contributed by atoms with Gasteiger partial charge in [-0.05, 0) is 55.8 Å². The van der Waals surface area contributed by atoms with E-state index in [0.29, 0.717) is 55.3 Å². The maximum Gasteiger partial charge on any atom is 0.251 e. The Labute approximate surface area is 222 Å². The molecular formula is C28H23Cl2FN4O2. The van der Waals surface area contributed by atoms with Gasteiger partial charge in [-0.25, -0.2) is 4.39 Å². The smallest absolute Gasteiger partial charge is 0.251 e. The molecule has 9 heteroatoms. The number of carbonyl (C=O) groups is 1. The van der Waals surface area contributed by atoms with Gasteiger partial charge < -0.3 is 15.4 Å². The Morgan fingerprint density at radius 3 is 2.73 bits per heavy atom. The molecule has 0 fully saturated rings. The molecule has 3 N–H and O–H groups in total. The van der Waals surface area contributed by atoms with Crippen LogP contribution in [-0.4, -0.2) is 26.0 Å². The highest BCUT2D eigenvalue weighted by Crippen LogP contribution is 2.31. The van der Waals surface area contributed by atoms with Crippen molar-refractivity contribution in [3.8, 4) is 0 Å². The van der Waals surface area contributed by atoms with E-state index in [4.69, 9.17) is 23.2 Å². The molecule has 5 rings (SSSR count). The topological polar surface area (TPSA) is 90.9 Å². The first kappa shape index (κ1) is 25.1. The summed E-state index contributed by atoms with van der Waals surface area (Å²) in [5, 5.41) is 16.0. The van der Waals surface area contributed by atoms with Crippen molar-refractivity contribution in [2.45, 2.75) is 32.4 Å². The van der Waals surface area contributed by atoms with Gasteiger partial charge in [-0.2, -0.15) is 0 Å². The molecule has 0 saturated carbocycles. The lowest BCUT2D eigenvalue weighted by Gasteiger charge is -2.21. The molecule has 2 aromatic carbocycles. The molecule has 0 aliphatic heterocycles. The van der Waals surface area contributed by atoms with Crippen molar-refractivity contribution in [1.82, 2.24) is 20.3 Å². The summed E-state index contributed by atoms with van der Waals surface area (Å²) in [4.78, 5) is 24.6. The molecule has 0 bridgehead atoms. The first-order valence-corrected chi connectivity index (χ1v) is 12.3. The van der Waals surface area contributed by atoms with E-state index in [1.165, 1.54) is 6.07 Å². The van der Waals surface area contributed by atoms with Crippen molar-refractivity contribution in [2.75, 3.05) is 0 Å². The van der Waals surface area contributed by atoms with Gasteiger partial charge in [-0.15, -0.1) is 0 Å². The quantitative estimate of drug-likeness (QED) is 0.237. The Kier molecular flexibility index (Phi) is 6.62. The summed E-state index contributed by atoms with van der Waals surface area (Å²) >= 11 is 12.3. The van der Waals surface area contributed by atoms with Crippen LogP contribution >= 0.6 is 23.2 Å². The number of aliphatic hydroxyl groups is 1. The average molecular weight is 537 g/mol. The number of hydrogen-bond acceptors (Lipinski definition) is 4. The number of rotatable bonds is 6. The number of amides is 1. The Balaban J connectivity index is 1.37. The van der Waals surface area contributed by atoms with E-state index >= 15 is 0 Å². The van der Waals surface area contributed by atoms with Crippen LogP contribution in [0.1, 0.15) is 46.6 Å². The van der Waals surface area contributed by atoms with Crippen LogP contribution in [0.25, 0.3) is 21.8 Å². The number of hydrogen-bond donors (Lipinski definition) is 3. The summed E-state index contributed by atoms with van der Waals surface area (Å²) in [6.07, 6.45) is 5.13. The summed E-state index contributed by atoms with van der Waals surface area (Å²) in [5.41, 5.74) is 3.11. The minimum absolute atomic E-state index is 0.00709. The van der Waals surface area contributed by atoms with Crippen LogP contribution in [-0.2, 0) is 18.6 Å². The SMILES string of the molecule is CC(C)(O)c1cc(Cc2cc(C(=O)NCc3cc4c(Cl)c[nH]c4cc3F)ccn2)cc2cc(Cl)cnc12. The largest absolute Gasteiger partial charge is 0.386 e. The van der Waals surface area contributed by atoms with Gasteiger partial charge in [0.15, 0.2) is 0 Å². The molecule has 0 saturated heterocycles. The van der Waals surface area contributed by atoms with Crippen molar-refractivity contribution < 1.29 is 14.3 Å². The van der Waals surface area contributed by atoms with E-state index < -0.39 is 11.4 Å².